The van der Waals surface area contributed by atoms with Gasteiger partial charge in [0.1, 0.15) is 5.82 Å². The van der Waals surface area contributed by atoms with Crippen LogP contribution in [0.15, 0.2) is 36.5 Å². The third-order valence-corrected chi connectivity index (χ3v) is 8.04. The molecule has 0 aliphatic carbocycles. The predicted molar refractivity (Wildman–Crippen MR) is 121 cm³/mol. The van der Waals surface area contributed by atoms with E-state index in [4.69, 9.17) is 0 Å². The fourth-order valence-corrected chi connectivity index (χ4v) is 5.82. The number of anilines is 2. The number of amides is 1. The van der Waals surface area contributed by atoms with Crippen LogP contribution in [-0.2, 0) is 15.8 Å². The van der Waals surface area contributed by atoms with Crippen LogP contribution in [0.25, 0.3) is 10.9 Å². The number of fused-ring (bicyclic) bond motifs is 2. The maximum atomic E-state index is 12.8. The van der Waals surface area contributed by atoms with Crippen LogP contribution >= 0.6 is 0 Å². The number of piperidine rings is 1. The van der Waals surface area contributed by atoms with Gasteiger partial charge in [0.15, 0.2) is 0 Å². The number of pyridine rings is 1. The van der Waals surface area contributed by atoms with E-state index >= 15 is 0 Å². The van der Waals surface area contributed by atoms with E-state index < -0.39 is 10.0 Å². The van der Waals surface area contributed by atoms with Crippen molar-refractivity contribution in [2.45, 2.75) is 31.1 Å². The number of carbonyl (C=O) groups is 1. The van der Waals surface area contributed by atoms with Crippen molar-refractivity contribution in [3.8, 4) is 0 Å². The maximum Gasteiger partial charge on any atom is 0.256 e. The number of sulfonamides is 1. The molecule has 2 aromatic heterocycles. The Morgan fingerprint density at radius 2 is 2.03 bits per heavy atom. The minimum absolute atomic E-state index is 0.0374. The van der Waals surface area contributed by atoms with Gasteiger partial charge in [0.2, 0.25) is 10.0 Å². The molecule has 31 heavy (non-hydrogen) atoms. The van der Waals surface area contributed by atoms with Crippen molar-refractivity contribution >= 4 is 38.3 Å². The highest BCUT2D eigenvalue weighted by Crippen LogP contribution is 2.33. The summed E-state index contributed by atoms with van der Waals surface area (Å²) >= 11 is 0. The van der Waals surface area contributed by atoms with Crippen LogP contribution in [0, 0.1) is 0 Å². The first-order valence-corrected chi connectivity index (χ1v) is 12.0. The largest absolute Gasteiger partial charge is 0.357 e. The monoisotopic (exact) mass is 439 g/mol. The van der Waals surface area contributed by atoms with Gasteiger partial charge < -0.3 is 10.3 Å². The summed E-state index contributed by atoms with van der Waals surface area (Å²) in [7, 11) is 0.317. The molecule has 0 spiro atoms. The molecule has 162 valence electrons. The topological polar surface area (TPSA) is 98.4 Å². The molecule has 1 aromatic carbocycles. The highest BCUT2D eigenvalue weighted by molar-refractivity contribution is 7.92. The summed E-state index contributed by atoms with van der Waals surface area (Å²) < 4.78 is 25.3. The smallest absolute Gasteiger partial charge is 0.256 e. The van der Waals surface area contributed by atoms with Crippen molar-refractivity contribution in [3.63, 3.8) is 0 Å². The van der Waals surface area contributed by atoms with Gasteiger partial charge in [-0.05, 0) is 50.2 Å². The highest BCUT2D eigenvalue weighted by atomic mass is 32.2. The summed E-state index contributed by atoms with van der Waals surface area (Å²) in [6.45, 7) is 1.09. The quantitative estimate of drug-likeness (QED) is 0.653. The summed E-state index contributed by atoms with van der Waals surface area (Å²) in [5.41, 5.74) is 3.73. The molecule has 3 aromatic rings. The minimum atomic E-state index is -3.34. The number of likely N-dealkylation sites (tertiary alicyclic amines) is 1. The molecule has 2 N–H and O–H groups in total. The Kier molecular flexibility index (Phi) is 4.75. The van der Waals surface area contributed by atoms with Gasteiger partial charge in [-0.2, -0.15) is 0 Å². The van der Waals surface area contributed by atoms with Crippen LogP contribution in [0.4, 0.5) is 11.5 Å². The first-order valence-electron chi connectivity index (χ1n) is 10.4. The molecule has 5 rings (SSSR count). The lowest BCUT2D eigenvalue weighted by Crippen LogP contribution is -2.29. The number of H-pyrrole nitrogens is 1. The fourth-order valence-electron chi connectivity index (χ4n) is 4.52. The summed E-state index contributed by atoms with van der Waals surface area (Å²) in [5, 5.41) is 3.84. The number of benzene rings is 1. The van der Waals surface area contributed by atoms with E-state index in [-0.39, 0.29) is 11.7 Å². The fraction of sp³-hybridized carbons (Fsp3) is 0.364. The Morgan fingerprint density at radius 1 is 1.19 bits per heavy atom. The third kappa shape index (κ3) is 3.57. The Morgan fingerprint density at radius 3 is 2.84 bits per heavy atom. The SMILES string of the molecule is CN1CCCC[C@@H]1c1cc2cnc(NC(=O)c3ccc4c(c3)N(C)S(=O)(=O)C4)cc2[nH]1. The van der Waals surface area contributed by atoms with Crippen LogP contribution in [0.2, 0.25) is 0 Å². The number of aromatic nitrogens is 2. The molecule has 1 fully saturated rings. The minimum Gasteiger partial charge on any atom is -0.357 e. The molecule has 9 heteroatoms. The van der Waals surface area contributed by atoms with E-state index in [2.05, 4.69) is 33.3 Å². The van der Waals surface area contributed by atoms with E-state index in [0.29, 0.717) is 28.7 Å². The first kappa shape index (κ1) is 20.0. The highest BCUT2D eigenvalue weighted by Gasteiger charge is 2.30. The van der Waals surface area contributed by atoms with Crippen molar-refractivity contribution in [1.82, 2.24) is 14.9 Å². The molecule has 0 unspecified atom stereocenters. The zero-order valence-electron chi connectivity index (χ0n) is 17.6. The molecule has 0 radical (unpaired) electrons. The number of rotatable bonds is 3. The number of hydrogen-bond acceptors (Lipinski definition) is 5. The third-order valence-electron chi connectivity index (χ3n) is 6.34. The molecule has 2 aliphatic heterocycles. The summed E-state index contributed by atoms with van der Waals surface area (Å²) in [5.74, 6) is 0.0834. The second-order valence-corrected chi connectivity index (χ2v) is 10.4. The zero-order valence-corrected chi connectivity index (χ0v) is 18.4. The number of aromatic amines is 1. The van der Waals surface area contributed by atoms with Gasteiger partial charge in [-0.15, -0.1) is 0 Å². The van der Waals surface area contributed by atoms with Gasteiger partial charge in [-0.1, -0.05) is 12.5 Å². The van der Waals surface area contributed by atoms with Crippen molar-refractivity contribution in [1.29, 1.82) is 0 Å². The molecular weight excluding hydrogens is 414 g/mol. The van der Waals surface area contributed by atoms with Gasteiger partial charge in [-0.3, -0.25) is 14.0 Å². The van der Waals surface area contributed by atoms with Gasteiger partial charge in [0.25, 0.3) is 5.91 Å². The van der Waals surface area contributed by atoms with Crippen LogP contribution < -0.4 is 9.62 Å². The summed E-state index contributed by atoms with van der Waals surface area (Å²) in [6.07, 6.45) is 5.34. The lowest BCUT2D eigenvalue weighted by Gasteiger charge is -2.31. The summed E-state index contributed by atoms with van der Waals surface area (Å²) in [6, 6.07) is 9.30. The molecule has 4 heterocycles. The van der Waals surface area contributed by atoms with E-state index in [1.54, 1.807) is 24.4 Å². The van der Waals surface area contributed by atoms with Crippen molar-refractivity contribution < 1.29 is 13.2 Å². The lowest BCUT2D eigenvalue weighted by atomic mass is 10.0. The second-order valence-electron chi connectivity index (χ2n) is 8.39. The standard InChI is InChI=1S/C22H25N5O3S/c1-26-8-4-3-5-19(26)18-9-16-12-23-21(11-17(16)24-18)25-22(28)14-6-7-15-13-31(29,30)27(2)20(15)10-14/h6-7,9-12,19,24H,3-5,8,13H2,1-2H3,(H,23,25,28)/t19-/m1/s1. The summed E-state index contributed by atoms with van der Waals surface area (Å²) in [4.78, 5) is 23.0. The number of nitrogens with one attached hydrogen (secondary N) is 2. The first-order chi connectivity index (χ1) is 14.8. The van der Waals surface area contributed by atoms with Crippen molar-refractivity contribution in [3.05, 3.63) is 53.3 Å². The van der Waals surface area contributed by atoms with E-state index in [1.165, 1.54) is 29.9 Å². The van der Waals surface area contributed by atoms with Gasteiger partial charge in [-0.25, -0.2) is 13.4 Å². The average molecular weight is 440 g/mol. The molecule has 0 saturated carbocycles. The molecule has 2 aliphatic rings. The van der Waals surface area contributed by atoms with E-state index in [0.717, 1.165) is 23.9 Å². The van der Waals surface area contributed by atoms with E-state index in [1.807, 2.05) is 6.07 Å². The number of hydrogen-bond donors (Lipinski definition) is 2. The Labute approximate surface area is 181 Å². The van der Waals surface area contributed by atoms with Crippen LogP contribution in [-0.4, -0.2) is 49.8 Å². The lowest BCUT2D eigenvalue weighted by molar-refractivity contribution is 0.102. The number of carbonyl (C=O) groups excluding carboxylic acids is 1. The Bertz CT molecular complexity index is 1280. The molecule has 8 nitrogen and oxygen atoms in total. The van der Waals surface area contributed by atoms with Gasteiger partial charge in [0.05, 0.1) is 17.0 Å². The van der Waals surface area contributed by atoms with Gasteiger partial charge in [0, 0.05) is 42.0 Å². The normalized spacial score (nSPS) is 20.7. The van der Waals surface area contributed by atoms with Crippen LogP contribution in [0.1, 0.15) is 46.9 Å². The van der Waals surface area contributed by atoms with Crippen molar-refractivity contribution in [2.24, 2.45) is 0 Å². The zero-order chi connectivity index (χ0) is 21.8. The molecule has 0 bridgehead atoms. The van der Waals surface area contributed by atoms with Crippen molar-refractivity contribution in [2.75, 3.05) is 30.3 Å². The molecule has 1 saturated heterocycles. The van der Waals surface area contributed by atoms with Crippen LogP contribution in [0.5, 0.6) is 0 Å². The van der Waals surface area contributed by atoms with Crippen LogP contribution in [0.3, 0.4) is 0 Å². The predicted octanol–water partition coefficient (Wildman–Crippen LogP) is 3.25. The molecule has 1 amide bonds. The molecular formula is C22H25N5O3S. The average Bonchev–Trinajstić information content (AvgIpc) is 3.26. The number of nitrogens with zero attached hydrogens (tertiary/aromatic N) is 3. The molecule has 1 atom stereocenters. The maximum absolute atomic E-state index is 12.8. The Balaban J connectivity index is 1.37. The Hall–Kier alpha value is -2.91. The second kappa shape index (κ2) is 7.35. The van der Waals surface area contributed by atoms with Gasteiger partial charge >= 0.3 is 0 Å². The van der Waals surface area contributed by atoms with E-state index in [9.17, 15) is 13.2 Å².